The maximum absolute atomic E-state index is 13.5. The third kappa shape index (κ3) is 4.86. The van der Waals surface area contributed by atoms with Gasteiger partial charge in [-0.1, -0.05) is 41.9 Å². The highest BCUT2D eigenvalue weighted by Crippen LogP contribution is 2.24. The van der Waals surface area contributed by atoms with E-state index in [-0.39, 0.29) is 24.6 Å². The number of benzene rings is 2. The van der Waals surface area contributed by atoms with Crippen molar-refractivity contribution in [1.29, 1.82) is 0 Å². The van der Waals surface area contributed by atoms with E-state index >= 15 is 0 Å². The lowest BCUT2D eigenvalue weighted by molar-refractivity contribution is -0.151. The van der Waals surface area contributed by atoms with Crippen LogP contribution in [-0.2, 0) is 25.7 Å². The molecule has 0 saturated carbocycles. The molecule has 1 fully saturated rings. The SMILES string of the molecule is O=C(COC(=O)[C@H]1CC(=O)N(Cc2ccccc2Cl)C1)Nc1ccccc1F. The van der Waals surface area contributed by atoms with Crippen molar-refractivity contribution in [2.45, 2.75) is 13.0 Å². The van der Waals surface area contributed by atoms with Gasteiger partial charge < -0.3 is 15.0 Å². The number of ether oxygens (including phenoxy) is 1. The van der Waals surface area contributed by atoms with Crippen LogP contribution in [0.5, 0.6) is 0 Å². The number of likely N-dealkylation sites (tertiary alicyclic amines) is 1. The highest BCUT2D eigenvalue weighted by molar-refractivity contribution is 6.31. The monoisotopic (exact) mass is 404 g/mol. The molecule has 0 unspecified atom stereocenters. The maximum Gasteiger partial charge on any atom is 0.311 e. The van der Waals surface area contributed by atoms with Crippen molar-refractivity contribution >= 4 is 35.1 Å². The first-order valence-electron chi connectivity index (χ1n) is 8.66. The minimum atomic E-state index is -0.657. The largest absolute Gasteiger partial charge is 0.455 e. The van der Waals surface area contributed by atoms with Crippen LogP contribution in [0.25, 0.3) is 0 Å². The Morgan fingerprint density at radius 2 is 1.89 bits per heavy atom. The van der Waals surface area contributed by atoms with Crippen LogP contribution in [0.1, 0.15) is 12.0 Å². The summed E-state index contributed by atoms with van der Waals surface area (Å²) < 4.78 is 18.5. The van der Waals surface area contributed by atoms with Crippen LogP contribution in [-0.4, -0.2) is 35.8 Å². The molecule has 0 bridgehead atoms. The Morgan fingerprint density at radius 1 is 1.18 bits per heavy atom. The van der Waals surface area contributed by atoms with Crippen molar-refractivity contribution in [1.82, 2.24) is 4.90 Å². The summed E-state index contributed by atoms with van der Waals surface area (Å²) in [5.41, 5.74) is 0.793. The Balaban J connectivity index is 1.50. The smallest absolute Gasteiger partial charge is 0.311 e. The van der Waals surface area contributed by atoms with Gasteiger partial charge in [-0.05, 0) is 23.8 Å². The van der Waals surface area contributed by atoms with Gasteiger partial charge in [0.05, 0.1) is 11.6 Å². The number of nitrogens with one attached hydrogen (secondary N) is 1. The molecule has 1 atom stereocenters. The average Bonchev–Trinajstić information content (AvgIpc) is 3.04. The molecule has 1 aliphatic rings. The Bertz CT molecular complexity index is 905. The summed E-state index contributed by atoms with van der Waals surface area (Å²) in [6.45, 7) is -0.0593. The number of hydrogen-bond donors (Lipinski definition) is 1. The normalized spacial score (nSPS) is 16.1. The van der Waals surface area contributed by atoms with Crippen LogP contribution >= 0.6 is 11.6 Å². The maximum atomic E-state index is 13.5. The number of hydrogen-bond acceptors (Lipinski definition) is 4. The second-order valence-corrected chi connectivity index (χ2v) is 6.81. The van der Waals surface area contributed by atoms with Gasteiger partial charge in [-0.3, -0.25) is 14.4 Å². The zero-order valence-corrected chi connectivity index (χ0v) is 15.6. The number of para-hydroxylation sites is 1. The quantitative estimate of drug-likeness (QED) is 0.751. The molecule has 3 rings (SSSR count). The Hall–Kier alpha value is -2.93. The molecule has 2 aromatic rings. The summed E-state index contributed by atoms with van der Waals surface area (Å²) in [7, 11) is 0. The molecule has 8 heteroatoms. The van der Waals surface area contributed by atoms with Gasteiger partial charge in [0.25, 0.3) is 5.91 Å². The van der Waals surface area contributed by atoms with Crippen molar-refractivity contribution in [3.05, 3.63) is 64.9 Å². The molecule has 1 aliphatic heterocycles. The molecule has 1 heterocycles. The standard InChI is InChI=1S/C20H18ClFN2O4/c21-15-6-2-1-5-13(15)10-24-11-14(9-19(24)26)20(27)28-12-18(25)23-17-8-4-3-7-16(17)22/h1-8,14H,9-12H2,(H,23,25)/t14-/m0/s1. The van der Waals surface area contributed by atoms with Crippen molar-refractivity contribution in [2.24, 2.45) is 5.92 Å². The third-order valence-corrected chi connectivity index (χ3v) is 4.73. The molecule has 146 valence electrons. The number of carbonyl (C=O) groups excluding carboxylic acids is 3. The zero-order chi connectivity index (χ0) is 20.1. The molecule has 1 saturated heterocycles. The highest BCUT2D eigenvalue weighted by atomic mass is 35.5. The number of carbonyl (C=O) groups is 3. The zero-order valence-electron chi connectivity index (χ0n) is 14.9. The molecular formula is C20H18ClFN2O4. The van der Waals surface area contributed by atoms with Crippen LogP contribution in [0, 0.1) is 11.7 Å². The van der Waals surface area contributed by atoms with Crippen molar-refractivity contribution in [3.8, 4) is 0 Å². The van der Waals surface area contributed by atoms with Crippen molar-refractivity contribution in [3.63, 3.8) is 0 Å². The van der Waals surface area contributed by atoms with Crippen LogP contribution in [0.15, 0.2) is 48.5 Å². The number of amides is 2. The lowest BCUT2D eigenvalue weighted by Crippen LogP contribution is -2.28. The first kappa shape index (κ1) is 19.8. The molecule has 0 aromatic heterocycles. The van der Waals surface area contributed by atoms with E-state index in [9.17, 15) is 18.8 Å². The van der Waals surface area contributed by atoms with E-state index < -0.39 is 30.2 Å². The van der Waals surface area contributed by atoms with E-state index in [1.165, 1.54) is 23.1 Å². The van der Waals surface area contributed by atoms with Gasteiger partial charge in [0.15, 0.2) is 6.61 Å². The molecule has 0 radical (unpaired) electrons. The minimum Gasteiger partial charge on any atom is -0.455 e. The van der Waals surface area contributed by atoms with Crippen LogP contribution < -0.4 is 5.32 Å². The molecule has 1 N–H and O–H groups in total. The number of anilines is 1. The molecule has 0 aliphatic carbocycles. The third-order valence-electron chi connectivity index (χ3n) is 4.36. The lowest BCUT2D eigenvalue weighted by Gasteiger charge is -2.17. The number of rotatable bonds is 6. The fraction of sp³-hybridized carbons (Fsp3) is 0.250. The lowest BCUT2D eigenvalue weighted by atomic mass is 10.1. The number of esters is 1. The van der Waals surface area contributed by atoms with Crippen LogP contribution in [0.2, 0.25) is 5.02 Å². The topological polar surface area (TPSA) is 75.7 Å². The van der Waals surface area contributed by atoms with E-state index in [2.05, 4.69) is 5.32 Å². The van der Waals surface area contributed by atoms with E-state index in [1.807, 2.05) is 12.1 Å². The first-order valence-corrected chi connectivity index (χ1v) is 9.04. The average molecular weight is 405 g/mol. The van der Waals surface area contributed by atoms with Gasteiger partial charge >= 0.3 is 5.97 Å². The predicted octanol–water partition coefficient (Wildman–Crippen LogP) is 3.01. The van der Waals surface area contributed by atoms with Gasteiger partial charge in [0.1, 0.15) is 5.82 Å². The van der Waals surface area contributed by atoms with E-state index in [0.717, 1.165) is 5.56 Å². The van der Waals surface area contributed by atoms with Gasteiger partial charge in [-0.15, -0.1) is 0 Å². The van der Waals surface area contributed by atoms with E-state index in [0.29, 0.717) is 11.6 Å². The fourth-order valence-corrected chi connectivity index (χ4v) is 3.11. The van der Waals surface area contributed by atoms with Crippen LogP contribution in [0.3, 0.4) is 0 Å². The summed E-state index contributed by atoms with van der Waals surface area (Å²) in [6.07, 6.45) is 0.0121. The summed E-state index contributed by atoms with van der Waals surface area (Å²) >= 11 is 6.11. The van der Waals surface area contributed by atoms with Gasteiger partial charge in [-0.25, -0.2) is 4.39 Å². The van der Waals surface area contributed by atoms with Gasteiger partial charge in [-0.2, -0.15) is 0 Å². The predicted molar refractivity (Wildman–Crippen MR) is 101 cm³/mol. The Kier molecular flexibility index (Phi) is 6.26. The van der Waals surface area contributed by atoms with Crippen LogP contribution in [0.4, 0.5) is 10.1 Å². The molecule has 2 amide bonds. The highest BCUT2D eigenvalue weighted by Gasteiger charge is 2.35. The number of nitrogens with zero attached hydrogens (tertiary/aromatic N) is 1. The fourth-order valence-electron chi connectivity index (χ4n) is 2.92. The molecule has 28 heavy (non-hydrogen) atoms. The second-order valence-electron chi connectivity index (χ2n) is 6.40. The number of halogens is 2. The van der Waals surface area contributed by atoms with Crippen molar-refractivity contribution in [2.75, 3.05) is 18.5 Å². The first-order chi connectivity index (χ1) is 13.4. The second kappa shape index (κ2) is 8.84. The Morgan fingerprint density at radius 3 is 2.64 bits per heavy atom. The molecular weight excluding hydrogens is 387 g/mol. The Labute approximate surface area is 166 Å². The summed E-state index contributed by atoms with van der Waals surface area (Å²) in [6, 6.07) is 12.8. The summed E-state index contributed by atoms with van der Waals surface area (Å²) in [5.74, 6) is -2.72. The molecule has 6 nitrogen and oxygen atoms in total. The minimum absolute atomic E-state index is 0.00510. The van der Waals surface area contributed by atoms with Gasteiger partial charge in [0, 0.05) is 24.5 Å². The molecule has 0 spiro atoms. The van der Waals surface area contributed by atoms with E-state index in [4.69, 9.17) is 16.3 Å². The molecule has 2 aromatic carbocycles. The van der Waals surface area contributed by atoms with E-state index in [1.54, 1.807) is 18.2 Å². The van der Waals surface area contributed by atoms with Crippen molar-refractivity contribution < 1.29 is 23.5 Å². The summed E-state index contributed by atoms with van der Waals surface area (Å²) in [5, 5.41) is 2.88. The summed E-state index contributed by atoms with van der Waals surface area (Å²) in [4.78, 5) is 37.8. The van der Waals surface area contributed by atoms with Gasteiger partial charge in [0.2, 0.25) is 5.91 Å².